The fraction of sp³-hybridized carbons (Fsp3) is 0.214. The Hall–Kier alpha value is -4.64. The van der Waals surface area contributed by atoms with E-state index in [1.165, 1.54) is 6.92 Å². The highest BCUT2D eigenvalue weighted by Gasteiger charge is 2.38. The summed E-state index contributed by atoms with van der Waals surface area (Å²) in [5, 5.41) is 2.39. The van der Waals surface area contributed by atoms with Gasteiger partial charge in [0.15, 0.2) is 0 Å². The summed E-state index contributed by atoms with van der Waals surface area (Å²) in [5.74, 6) is -6.15. The van der Waals surface area contributed by atoms with Gasteiger partial charge in [0.1, 0.15) is 17.7 Å². The van der Waals surface area contributed by atoms with Gasteiger partial charge in [0.25, 0.3) is 11.8 Å². The lowest BCUT2D eigenvalue weighted by Gasteiger charge is -2.27. The van der Waals surface area contributed by atoms with Crippen LogP contribution in [-0.4, -0.2) is 36.3 Å². The number of benzene rings is 3. The van der Waals surface area contributed by atoms with E-state index in [4.69, 9.17) is 16.2 Å². The molecule has 1 aliphatic rings. The first-order valence-corrected chi connectivity index (χ1v) is 12.0. The van der Waals surface area contributed by atoms with Gasteiger partial charge in [-0.05, 0) is 49.2 Å². The molecular formula is C28H26F2N4O5. The minimum Gasteiger partial charge on any atom is -0.446 e. The first-order chi connectivity index (χ1) is 18.5. The normalized spacial score (nSPS) is 15.9. The second-order valence-electron chi connectivity index (χ2n) is 9.07. The number of nitrogens with two attached hydrogens (primary N) is 2. The average Bonchev–Trinajstić information content (AvgIpc) is 2.99. The Bertz CT molecular complexity index is 1460. The van der Waals surface area contributed by atoms with Crippen LogP contribution >= 0.6 is 0 Å². The molecule has 0 bridgehead atoms. The smallest absolute Gasteiger partial charge is 0.320 e. The standard InChI is InChI=1S/C28H26F2N4O5/c1-14-19-6-3-4-7-20(19)24-21(32)8-5-9-22(24)34(27(14)37)28(38)15(2)33-26(36)25(39-23(35)13-31)16-10-17(29)12-18(30)11-16/h3-12,14-15,25H,13,31-32H2,1-2H3,(H,33,36)/t14?,15-,25?/m0/s1. The van der Waals surface area contributed by atoms with Crippen molar-refractivity contribution in [2.75, 3.05) is 17.2 Å². The molecule has 3 amide bonds. The topological polar surface area (TPSA) is 145 Å². The summed E-state index contributed by atoms with van der Waals surface area (Å²) in [6.07, 6.45) is -1.81. The first-order valence-electron chi connectivity index (χ1n) is 12.0. The van der Waals surface area contributed by atoms with Gasteiger partial charge in [-0.3, -0.25) is 19.2 Å². The van der Waals surface area contributed by atoms with Gasteiger partial charge in [-0.25, -0.2) is 13.7 Å². The molecule has 0 aliphatic carbocycles. The number of imide groups is 1. The third-order valence-electron chi connectivity index (χ3n) is 6.39. The third-order valence-corrected chi connectivity index (χ3v) is 6.39. The van der Waals surface area contributed by atoms with E-state index < -0.39 is 59.9 Å². The van der Waals surface area contributed by atoms with Crippen molar-refractivity contribution in [3.05, 3.63) is 83.4 Å². The molecule has 0 saturated carbocycles. The van der Waals surface area contributed by atoms with Crippen LogP contribution in [0, 0.1) is 11.6 Å². The quantitative estimate of drug-likeness (QED) is 0.324. The minimum atomic E-state index is -1.81. The number of ether oxygens (including phenoxy) is 1. The molecule has 9 nitrogen and oxygen atoms in total. The van der Waals surface area contributed by atoms with E-state index in [2.05, 4.69) is 5.32 Å². The number of nitrogen functional groups attached to an aromatic ring is 1. The summed E-state index contributed by atoms with van der Waals surface area (Å²) in [4.78, 5) is 53.3. The summed E-state index contributed by atoms with van der Waals surface area (Å²) in [7, 11) is 0. The molecule has 202 valence electrons. The van der Waals surface area contributed by atoms with Crippen molar-refractivity contribution in [1.29, 1.82) is 0 Å². The van der Waals surface area contributed by atoms with Crippen LogP contribution in [0.2, 0.25) is 0 Å². The maximum absolute atomic E-state index is 13.9. The van der Waals surface area contributed by atoms with Gasteiger partial charge in [0.2, 0.25) is 12.0 Å². The SMILES string of the molecule is CC1C(=O)N(C(=O)[C@H](C)NC(=O)C(OC(=O)CN)c2cc(F)cc(F)c2)c2cccc(N)c2-c2ccccc21. The number of nitrogens with one attached hydrogen (secondary N) is 1. The number of nitrogens with zero attached hydrogens (tertiary/aromatic N) is 1. The van der Waals surface area contributed by atoms with E-state index in [9.17, 15) is 28.0 Å². The molecule has 0 saturated heterocycles. The Morgan fingerprint density at radius 3 is 2.38 bits per heavy atom. The number of carbonyl (C=O) groups is 4. The number of fused-ring (bicyclic) bond motifs is 3. The number of amides is 3. The highest BCUT2D eigenvalue weighted by atomic mass is 19.1. The Kier molecular flexibility index (Phi) is 7.73. The summed E-state index contributed by atoms with van der Waals surface area (Å²) in [6, 6.07) is 12.9. The van der Waals surface area contributed by atoms with Crippen LogP contribution in [0.4, 0.5) is 20.2 Å². The van der Waals surface area contributed by atoms with E-state index in [-0.39, 0.29) is 11.3 Å². The molecular weight excluding hydrogens is 510 g/mol. The summed E-state index contributed by atoms with van der Waals surface area (Å²) in [5.41, 5.74) is 13.7. The molecule has 0 aromatic heterocycles. The van der Waals surface area contributed by atoms with E-state index in [1.807, 2.05) is 6.07 Å². The number of halogens is 2. The molecule has 4 rings (SSSR count). The van der Waals surface area contributed by atoms with Gasteiger partial charge in [-0.1, -0.05) is 30.3 Å². The minimum absolute atomic E-state index is 0.237. The molecule has 3 atom stereocenters. The van der Waals surface area contributed by atoms with Crippen LogP contribution in [0.25, 0.3) is 11.1 Å². The lowest BCUT2D eigenvalue weighted by molar-refractivity contribution is -0.155. The van der Waals surface area contributed by atoms with Crippen molar-refractivity contribution in [2.45, 2.75) is 31.9 Å². The number of carbonyl (C=O) groups excluding carboxylic acids is 4. The zero-order chi connectivity index (χ0) is 28.4. The van der Waals surface area contributed by atoms with Gasteiger partial charge < -0.3 is 21.5 Å². The predicted molar refractivity (Wildman–Crippen MR) is 139 cm³/mol. The first kappa shape index (κ1) is 27.4. The lowest BCUT2D eigenvalue weighted by atomic mass is 9.92. The molecule has 0 fully saturated rings. The summed E-state index contributed by atoms with van der Waals surface area (Å²) in [6.45, 7) is 2.39. The Labute approximate surface area is 222 Å². The van der Waals surface area contributed by atoms with Crippen molar-refractivity contribution >= 4 is 35.1 Å². The monoisotopic (exact) mass is 536 g/mol. The molecule has 1 heterocycles. The molecule has 39 heavy (non-hydrogen) atoms. The van der Waals surface area contributed by atoms with Crippen molar-refractivity contribution < 1.29 is 32.7 Å². The van der Waals surface area contributed by atoms with Crippen molar-refractivity contribution in [3.63, 3.8) is 0 Å². The third kappa shape index (κ3) is 5.34. The zero-order valence-corrected chi connectivity index (χ0v) is 21.1. The summed E-state index contributed by atoms with van der Waals surface area (Å²) < 4.78 is 32.8. The molecule has 11 heteroatoms. The summed E-state index contributed by atoms with van der Waals surface area (Å²) >= 11 is 0. The number of rotatable bonds is 6. The van der Waals surface area contributed by atoms with Gasteiger partial charge in [-0.15, -0.1) is 0 Å². The number of anilines is 2. The maximum Gasteiger partial charge on any atom is 0.320 e. The van der Waals surface area contributed by atoms with E-state index in [0.717, 1.165) is 17.0 Å². The van der Waals surface area contributed by atoms with E-state index in [1.54, 1.807) is 43.3 Å². The molecule has 3 aromatic carbocycles. The Morgan fingerprint density at radius 2 is 1.72 bits per heavy atom. The number of hydrogen-bond donors (Lipinski definition) is 3. The molecule has 5 N–H and O–H groups in total. The number of esters is 1. The van der Waals surface area contributed by atoms with Crippen LogP contribution in [0.5, 0.6) is 0 Å². The second-order valence-corrected chi connectivity index (χ2v) is 9.07. The van der Waals surface area contributed by atoms with Crippen LogP contribution in [0.1, 0.15) is 37.0 Å². The van der Waals surface area contributed by atoms with Crippen LogP contribution < -0.4 is 21.7 Å². The molecule has 0 radical (unpaired) electrons. The Morgan fingerprint density at radius 1 is 1.05 bits per heavy atom. The molecule has 0 spiro atoms. The van der Waals surface area contributed by atoms with Gasteiger partial charge in [0, 0.05) is 22.9 Å². The molecule has 2 unspecified atom stereocenters. The highest BCUT2D eigenvalue weighted by Crippen LogP contribution is 2.44. The van der Waals surface area contributed by atoms with Gasteiger partial charge in [-0.2, -0.15) is 0 Å². The molecule has 3 aromatic rings. The van der Waals surface area contributed by atoms with Crippen LogP contribution in [0.15, 0.2) is 60.7 Å². The Balaban J connectivity index is 1.69. The van der Waals surface area contributed by atoms with E-state index in [0.29, 0.717) is 28.4 Å². The fourth-order valence-electron chi connectivity index (χ4n) is 4.54. The van der Waals surface area contributed by atoms with Gasteiger partial charge in [0.05, 0.1) is 18.2 Å². The second kappa shape index (κ2) is 11.0. The average molecular weight is 537 g/mol. The largest absolute Gasteiger partial charge is 0.446 e. The number of hydrogen-bond acceptors (Lipinski definition) is 7. The van der Waals surface area contributed by atoms with E-state index >= 15 is 0 Å². The molecule has 1 aliphatic heterocycles. The van der Waals surface area contributed by atoms with Crippen molar-refractivity contribution in [3.8, 4) is 11.1 Å². The maximum atomic E-state index is 13.9. The lowest BCUT2D eigenvalue weighted by Crippen LogP contribution is -2.51. The zero-order valence-electron chi connectivity index (χ0n) is 21.1. The highest BCUT2D eigenvalue weighted by molar-refractivity contribution is 6.22. The van der Waals surface area contributed by atoms with Crippen LogP contribution in [-0.2, 0) is 23.9 Å². The van der Waals surface area contributed by atoms with Crippen molar-refractivity contribution in [2.24, 2.45) is 5.73 Å². The van der Waals surface area contributed by atoms with Crippen molar-refractivity contribution in [1.82, 2.24) is 5.32 Å². The predicted octanol–water partition coefficient (Wildman–Crippen LogP) is 2.94. The van der Waals surface area contributed by atoms with Crippen LogP contribution in [0.3, 0.4) is 0 Å². The fourth-order valence-corrected chi connectivity index (χ4v) is 4.54. The van der Waals surface area contributed by atoms with Gasteiger partial charge >= 0.3 is 5.97 Å².